The van der Waals surface area contributed by atoms with Crippen molar-refractivity contribution in [2.45, 2.75) is 39.5 Å². The van der Waals surface area contributed by atoms with E-state index in [1.165, 1.54) is 0 Å². The first-order valence-corrected chi connectivity index (χ1v) is 8.11. The van der Waals surface area contributed by atoms with Crippen molar-refractivity contribution in [2.75, 3.05) is 26.2 Å². The van der Waals surface area contributed by atoms with Crippen molar-refractivity contribution < 1.29 is 9.90 Å². The van der Waals surface area contributed by atoms with Gasteiger partial charge in [0.25, 0.3) is 0 Å². The van der Waals surface area contributed by atoms with E-state index >= 15 is 0 Å². The molecule has 0 heterocycles. The Morgan fingerprint density at radius 2 is 1.29 bits per heavy atom. The second kappa shape index (κ2) is 8.37. The number of aliphatic carboxylic acids is 1. The van der Waals surface area contributed by atoms with Crippen molar-refractivity contribution in [3.63, 3.8) is 0 Å². The number of carboxylic acids is 1. The van der Waals surface area contributed by atoms with Crippen LogP contribution in [-0.2, 0) is 4.79 Å². The van der Waals surface area contributed by atoms with E-state index in [9.17, 15) is 9.90 Å². The van der Waals surface area contributed by atoms with Gasteiger partial charge in [0.1, 0.15) is 4.90 Å². The summed E-state index contributed by atoms with van der Waals surface area (Å²) in [4.78, 5) is 10.9. The van der Waals surface area contributed by atoms with Crippen molar-refractivity contribution in [3.8, 4) is 0 Å². The van der Waals surface area contributed by atoms with Crippen molar-refractivity contribution in [1.29, 1.82) is 0 Å². The summed E-state index contributed by atoms with van der Waals surface area (Å²) in [5.74, 6) is -0.673. The molecule has 6 heteroatoms. The maximum atomic E-state index is 11.5. The summed E-state index contributed by atoms with van der Waals surface area (Å²) in [5, 5.41) is 9.47. The number of carbonyl (C=O) groups is 1. The number of carboxylic acid groups (broad SMARTS) is 1. The van der Waals surface area contributed by atoms with Gasteiger partial charge in [-0.05, 0) is 50.6 Å². The van der Waals surface area contributed by atoms with Gasteiger partial charge in [0, 0.05) is 0 Å². The van der Waals surface area contributed by atoms with Crippen LogP contribution in [0.25, 0.3) is 0 Å². The van der Waals surface area contributed by atoms with Crippen LogP contribution >= 0.6 is 17.5 Å². The second-order valence-electron chi connectivity index (χ2n) is 4.00. The molecule has 0 rings (SSSR count). The van der Waals surface area contributed by atoms with Crippen molar-refractivity contribution in [2.24, 2.45) is 0 Å². The van der Waals surface area contributed by atoms with Gasteiger partial charge in [-0.25, -0.2) is 0 Å². The summed E-state index contributed by atoms with van der Waals surface area (Å²) in [7, 11) is 0.702. The summed E-state index contributed by atoms with van der Waals surface area (Å²) in [6, 6.07) is 0. The molecule has 2 unspecified atom stereocenters. The van der Waals surface area contributed by atoms with Crippen LogP contribution in [-0.4, -0.2) is 51.5 Å². The van der Waals surface area contributed by atoms with Crippen LogP contribution in [0.4, 0.5) is 0 Å². The van der Waals surface area contributed by atoms with Gasteiger partial charge in [-0.1, -0.05) is 27.7 Å². The summed E-state index contributed by atoms with van der Waals surface area (Å²) in [5.41, 5.74) is 0. The minimum Gasteiger partial charge on any atom is -0.480 e. The zero-order chi connectivity index (χ0) is 13.5. The summed E-state index contributed by atoms with van der Waals surface area (Å²) in [6.07, 6.45) is 0. The van der Waals surface area contributed by atoms with E-state index in [0.717, 1.165) is 26.2 Å². The van der Waals surface area contributed by atoms with Gasteiger partial charge in [-0.2, -0.15) is 0 Å². The standard InChI is InChI=1S/C11H26N2O2P2/c1-6-12(7-2)16-11(5,10(14)15)17-13(8-3)9-4/h16-17H,6-9H2,1-5H3,(H,14,15). The van der Waals surface area contributed by atoms with E-state index in [1.807, 2.05) is 6.92 Å². The Morgan fingerprint density at radius 1 is 1.00 bits per heavy atom. The van der Waals surface area contributed by atoms with Gasteiger partial charge in [-0.15, -0.1) is 0 Å². The molecule has 0 aromatic rings. The highest BCUT2D eigenvalue weighted by atomic mass is 31.1. The molecule has 0 aliphatic heterocycles. The molecule has 0 aromatic carbocycles. The van der Waals surface area contributed by atoms with Crippen LogP contribution in [0.1, 0.15) is 34.6 Å². The average Bonchev–Trinajstić information content (AvgIpc) is 2.32. The Kier molecular flexibility index (Phi) is 8.49. The van der Waals surface area contributed by atoms with Crippen molar-refractivity contribution in [1.82, 2.24) is 9.34 Å². The SMILES string of the molecule is CCN(CC)PC(C)(PN(CC)CC)C(=O)O. The molecule has 0 aliphatic carbocycles. The summed E-state index contributed by atoms with van der Waals surface area (Å²) in [6.45, 7) is 13.9. The molecule has 0 amide bonds. The average molecular weight is 280 g/mol. The van der Waals surface area contributed by atoms with Crippen LogP contribution in [0.3, 0.4) is 0 Å². The fourth-order valence-corrected chi connectivity index (χ4v) is 4.75. The molecule has 0 aliphatic rings. The quantitative estimate of drug-likeness (QED) is 0.659. The van der Waals surface area contributed by atoms with Crippen LogP contribution in [0.5, 0.6) is 0 Å². The van der Waals surface area contributed by atoms with Gasteiger partial charge >= 0.3 is 5.97 Å². The van der Waals surface area contributed by atoms with E-state index < -0.39 is 10.9 Å². The molecule has 0 aromatic heterocycles. The molecule has 4 nitrogen and oxygen atoms in total. The molecule has 0 fully saturated rings. The molecule has 0 bridgehead atoms. The zero-order valence-electron chi connectivity index (χ0n) is 11.6. The Labute approximate surface area is 109 Å². The first-order chi connectivity index (χ1) is 7.93. The van der Waals surface area contributed by atoms with Gasteiger partial charge in [0.05, 0.1) is 0 Å². The predicted molar refractivity (Wildman–Crippen MR) is 78.5 cm³/mol. The molecule has 2 atom stereocenters. The Bertz CT molecular complexity index is 218. The highest BCUT2D eigenvalue weighted by Gasteiger charge is 2.36. The van der Waals surface area contributed by atoms with E-state index in [1.54, 1.807) is 0 Å². The Hall–Kier alpha value is 0.250. The fourth-order valence-electron chi connectivity index (χ4n) is 1.52. The van der Waals surface area contributed by atoms with Crippen molar-refractivity contribution >= 4 is 23.4 Å². The molecule has 1 N–H and O–H groups in total. The molecule has 17 heavy (non-hydrogen) atoms. The van der Waals surface area contributed by atoms with E-state index in [-0.39, 0.29) is 0 Å². The minimum absolute atomic E-state index is 0.351. The lowest BCUT2D eigenvalue weighted by Crippen LogP contribution is -2.34. The van der Waals surface area contributed by atoms with E-state index in [2.05, 4.69) is 37.0 Å². The maximum Gasteiger partial charge on any atom is 0.320 e. The molecule has 102 valence electrons. The third-order valence-corrected chi connectivity index (χ3v) is 6.61. The van der Waals surface area contributed by atoms with Crippen molar-refractivity contribution in [3.05, 3.63) is 0 Å². The van der Waals surface area contributed by atoms with E-state index in [4.69, 9.17) is 0 Å². The molecule has 0 saturated carbocycles. The highest BCUT2D eigenvalue weighted by Crippen LogP contribution is 2.49. The highest BCUT2D eigenvalue weighted by molar-refractivity contribution is 7.58. The first-order valence-electron chi connectivity index (χ1n) is 6.22. The van der Waals surface area contributed by atoms with E-state index in [0.29, 0.717) is 17.5 Å². The third kappa shape index (κ3) is 5.61. The fraction of sp³-hybridized carbons (Fsp3) is 0.909. The maximum absolute atomic E-state index is 11.5. The molecular formula is C11H26N2O2P2. The van der Waals surface area contributed by atoms with Crippen LogP contribution in [0.15, 0.2) is 0 Å². The van der Waals surface area contributed by atoms with Crippen LogP contribution < -0.4 is 0 Å². The van der Waals surface area contributed by atoms with Crippen LogP contribution in [0.2, 0.25) is 0 Å². The smallest absolute Gasteiger partial charge is 0.320 e. The van der Waals surface area contributed by atoms with Gasteiger partial charge < -0.3 is 5.11 Å². The Balaban J connectivity index is 4.71. The summed E-state index contributed by atoms with van der Waals surface area (Å²) >= 11 is 0. The van der Waals surface area contributed by atoms with Crippen LogP contribution in [0, 0.1) is 0 Å². The number of nitrogens with zero attached hydrogens (tertiary/aromatic N) is 2. The molecular weight excluding hydrogens is 254 g/mol. The van der Waals surface area contributed by atoms with Gasteiger partial charge in [-0.3, -0.25) is 14.1 Å². The zero-order valence-corrected chi connectivity index (χ0v) is 13.6. The van der Waals surface area contributed by atoms with Gasteiger partial charge in [0.15, 0.2) is 0 Å². The monoisotopic (exact) mass is 280 g/mol. The molecule has 0 spiro atoms. The number of hydrogen-bond donors (Lipinski definition) is 1. The minimum atomic E-state index is -0.673. The second-order valence-corrected chi connectivity index (χ2v) is 8.21. The topological polar surface area (TPSA) is 43.8 Å². The molecule has 0 radical (unpaired) electrons. The first kappa shape index (κ1) is 17.2. The summed E-state index contributed by atoms with van der Waals surface area (Å²) < 4.78 is 4.43. The Morgan fingerprint density at radius 3 is 1.47 bits per heavy atom. The van der Waals surface area contributed by atoms with Gasteiger partial charge in [0.2, 0.25) is 0 Å². The third-order valence-electron chi connectivity index (χ3n) is 2.72. The predicted octanol–water partition coefficient (Wildman–Crippen LogP) is 2.66. The lowest BCUT2D eigenvalue weighted by Gasteiger charge is -2.34. The number of rotatable bonds is 9. The lowest BCUT2D eigenvalue weighted by molar-refractivity contribution is -0.137. The normalized spacial score (nSPS) is 16.6. The lowest BCUT2D eigenvalue weighted by atomic mass is 10.5. The largest absolute Gasteiger partial charge is 0.480 e. The number of hydrogen-bond acceptors (Lipinski definition) is 3. The molecule has 0 saturated heterocycles.